The van der Waals surface area contributed by atoms with Crippen LogP contribution in [0.15, 0.2) is 6.07 Å². The van der Waals surface area contributed by atoms with Crippen LogP contribution in [0.4, 0.5) is 20.4 Å². The molecule has 0 saturated carbocycles. The highest BCUT2D eigenvalue weighted by Gasteiger charge is 2.18. The van der Waals surface area contributed by atoms with E-state index >= 15 is 0 Å². The van der Waals surface area contributed by atoms with E-state index in [9.17, 15) is 8.78 Å². The maximum absolute atomic E-state index is 13.8. The molecule has 0 aromatic carbocycles. The Kier molecular flexibility index (Phi) is 5.95. The number of nitrogens with zero attached hydrogens (tertiary/aromatic N) is 2. The smallest absolute Gasteiger partial charge is 0.178 e. The minimum atomic E-state index is -0.790. The number of nitrogens with two attached hydrogens (primary N) is 1. The molecule has 0 unspecified atom stereocenters. The lowest BCUT2D eigenvalue weighted by atomic mass is 10.0. The summed E-state index contributed by atoms with van der Waals surface area (Å²) < 4.78 is 27.2. The summed E-state index contributed by atoms with van der Waals surface area (Å²) in [6.45, 7) is 7.42. The molecule has 0 aliphatic heterocycles. The molecule has 108 valence electrons. The second-order valence-electron chi connectivity index (χ2n) is 4.49. The van der Waals surface area contributed by atoms with Gasteiger partial charge in [-0.15, -0.1) is 0 Å². The third-order valence-electron chi connectivity index (χ3n) is 3.36. The zero-order valence-electron chi connectivity index (χ0n) is 11.7. The Morgan fingerprint density at radius 3 is 2.37 bits per heavy atom. The first-order valence-electron chi connectivity index (χ1n) is 6.64. The highest BCUT2D eigenvalue weighted by molar-refractivity contribution is 5.48. The van der Waals surface area contributed by atoms with Gasteiger partial charge in [0.05, 0.1) is 0 Å². The SMILES string of the molecule is CCC(CC)CN(CC)c1nc(NN)c(F)cc1F. The number of nitrogen functional groups attached to an aromatic ring is 1. The molecule has 0 saturated heterocycles. The van der Waals surface area contributed by atoms with Crippen molar-refractivity contribution < 1.29 is 8.78 Å². The van der Waals surface area contributed by atoms with Crippen LogP contribution in [0.1, 0.15) is 33.6 Å². The number of hydrazine groups is 1. The van der Waals surface area contributed by atoms with Crippen LogP contribution in [0.3, 0.4) is 0 Å². The van der Waals surface area contributed by atoms with Crippen molar-refractivity contribution in [3.05, 3.63) is 17.7 Å². The molecule has 0 spiro atoms. The fourth-order valence-electron chi connectivity index (χ4n) is 2.00. The average molecular weight is 272 g/mol. The number of aromatic nitrogens is 1. The van der Waals surface area contributed by atoms with Gasteiger partial charge in [-0.05, 0) is 12.8 Å². The molecule has 0 aliphatic rings. The summed E-state index contributed by atoms with van der Waals surface area (Å²) >= 11 is 0. The monoisotopic (exact) mass is 272 g/mol. The molecule has 0 atom stereocenters. The van der Waals surface area contributed by atoms with Crippen molar-refractivity contribution in [3.8, 4) is 0 Å². The number of halogens is 2. The number of hydrogen-bond donors (Lipinski definition) is 2. The average Bonchev–Trinajstić information content (AvgIpc) is 2.41. The maximum atomic E-state index is 13.8. The van der Waals surface area contributed by atoms with E-state index in [4.69, 9.17) is 5.84 Å². The summed E-state index contributed by atoms with van der Waals surface area (Å²) in [6, 6.07) is 0.813. The van der Waals surface area contributed by atoms with Crippen LogP contribution < -0.4 is 16.2 Å². The molecule has 0 aliphatic carbocycles. The minimum absolute atomic E-state index is 0.139. The molecule has 4 nitrogen and oxygen atoms in total. The number of hydrogen-bond acceptors (Lipinski definition) is 4. The Hall–Kier alpha value is -1.43. The van der Waals surface area contributed by atoms with E-state index < -0.39 is 11.6 Å². The van der Waals surface area contributed by atoms with Crippen LogP contribution >= 0.6 is 0 Å². The van der Waals surface area contributed by atoms with E-state index in [1.807, 2.05) is 11.8 Å². The Labute approximate surface area is 113 Å². The lowest BCUT2D eigenvalue weighted by molar-refractivity contribution is 0.478. The van der Waals surface area contributed by atoms with Crippen LogP contribution in [0, 0.1) is 17.6 Å². The van der Waals surface area contributed by atoms with Gasteiger partial charge >= 0.3 is 0 Å². The molecule has 19 heavy (non-hydrogen) atoms. The molecule has 1 heterocycles. The predicted molar refractivity (Wildman–Crippen MR) is 73.9 cm³/mol. The number of nitrogens with one attached hydrogen (secondary N) is 1. The zero-order chi connectivity index (χ0) is 14.4. The molecule has 0 radical (unpaired) electrons. The van der Waals surface area contributed by atoms with Gasteiger partial charge in [0.25, 0.3) is 0 Å². The van der Waals surface area contributed by atoms with E-state index in [0.29, 0.717) is 19.0 Å². The fraction of sp³-hybridized carbons (Fsp3) is 0.615. The highest BCUT2D eigenvalue weighted by Crippen LogP contribution is 2.23. The van der Waals surface area contributed by atoms with Crippen molar-refractivity contribution in [2.75, 3.05) is 23.4 Å². The van der Waals surface area contributed by atoms with Gasteiger partial charge in [0.1, 0.15) is 0 Å². The van der Waals surface area contributed by atoms with Crippen molar-refractivity contribution in [2.24, 2.45) is 11.8 Å². The van der Waals surface area contributed by atoms with Crippen LogP contribution in [-0.2, 0) is 0 Å². The molecular weight excluding hydrogens is 250 g/mol. The van der Waals surface area contributed by atoms with Crippen LogP contribution in [-0.4, -0.2) is 18.1 Å². The van der Waals surface area contributed by atoms with Gasteiger partial charge in [-0.3, -0.25) is 0 Å². The minimum Gasteiger partial charge on any atom is -0.354 e. The molecule has 1 aromatic heterocycles. The number of pyridine rings is 1. The first kappa shape index (κ1) is 15.6. The second kappa shape index (κ2) is 7.23. The van der Waals surface area contributed by atoms with Crippen LogP contribution in [0.5, 0.6) is 0 Å². The zero-order valence-corrected chi connectivity index (χ0v) is 11.7. The normalized spacial score (nSPS) is 10.9. The lowest BCUT2D eigenvalue weighted by Gasteiger charge is -2.27. The first-order chi connectivity index (χ1) is 9.07. The van der Waals surface area contributed by atoms with E-state index in [1.165, 1.54) is 0 Å². The van der Waals surface area contributed by atoms with Gasteiger partial charge in [-0.2, -0.15) is 0 Å². The Morgan fingerprint density at radius 1 is 1.26 bits per heavy atom. The first-order valence-corrected chi connectivity index (χ1v) is 6.64. The predicted octanol–water partition coefficient (Wildman–Crippen LogP) is 2.91. The molecule has 6 heteroatoms. The largest absolute Gasteiger partial charge is 0.354 e. The van der Waals surface area contributed by atoms with Gasteiger partial charge in [0.2, 0.25) is 0 Å². The summed E-state index contributed by atoms with van der Waals surface area (Å²) in [4.78, 5) is 5.74. The van der Waals surface area contributed by atoms with Crippen molar-refractivity contribution in [3.63, 3.8) is 0 Å². The van der Waals surface area contributed by atoms with Gasteiger partial charge < -0.3 is 10.3 Å². The molecule has 1 aromatic rings. The Morgan fingerprint density at radius 2 is 1.89 bits per heavy atom. The van der Waals surface area contributed by atoms with Crippen molar-refractivity contribution in [2.45, 2.75) is 33.6 Å². The summed E-state index contributed by atoms with van der Waals surface area (Å²) in [5.74, 6) is 4.18. The Bertz CT molecular complexity index is 408. The molecule has 1 rings (SSSR count). The van der Waals surface area contributed by atoms with Crippen LogP contribution in [0.2, 0.25) is 0 Å². The highest BCUT2D eigenvalue weighted by atomic mass is 19.1. The maximum Gasteiger partial charge on any atom is 0.178 e. The molecular formula is C13H22F2N4. The molecule has 0 amide bonds. The summed E-state index contributed by atoms with van der Waals surface area (Å²) in [5.41, 5.74) is 2.14. The van der Waals surface area contributed by atoms with Gasteiger partial charge in [0, 0.05) is 19.2 Å². The van der Waals surface area contributed by atoms with E-state index in [1.54, 1.807) is 0 Å². The van der Waals surface area contributed by atoms with E-state index in [-0.39, 0.29) is 11.6 Å². The summed E-state index contributed by atoms with van der Waals surface area (Å²) in [6.07, 6.45) is 2.02. The quantitative estimate of drug-likeness (QED) is 0.592. The lowest BCUT2D eigenvalue weighted by Crippen LogP contribution is -2.31. The fourth-order valence-corrected chi connectivity index (χ4v) is 2.00. The Balaban J connectivity index is 3.03. The topological polar surface area (TPSA) is 54.2 Å². The van der Waals surface area contributed by atoms with E-state index in [2.05, 4.69) is 24.3 Å². The van der Waals surface area contributed by atoms with Gasteiger partial charge in [0.15, 0.2) is 23.3 Å². The molecule has 0 bridgehead atoms. The van der Waals surface area contributed by atoms with Crippen molar-refractivity contribution in [1.29, 1.82) is 0 Å². The third-order valence-corrected chi connectivity index (χ3v) is 3.36. The molecule has 0 fully saturated rings. The van der Waals surface area contributed by atoms with Crippen molar-refractivity contribution in [1.82, 2.24) is 4.98 Å². The van der Waals surface area contributed by atoms with E-state index in [0.717, 1.165) is 18.9 Å². The molecule has 3 N–H and O–H groups in total. The van der Waals surface area contributed by atoms with Gasteiger partial charge in [-0.25, -0.2) is 19.6 Å². The number of rotatable bonds is 7. The van der Waals surface area contributed by atoms with Crippen LogP contribution in [0.25, 0.3) is 0 Å². The summed E-state index contributed by atoms with van der Waals surface area (Å²) in [5, 5.41) is 0. The van der Waals surface area contributed by atoms with Crippen molar-refractivity contribution >= 4 is 11.6 Å². The third kappa shape index (κ3) is 3.76. The number of anilines is 2. The summed E-state index contributed by atoms with van der Waals surface area (Å²) in [7, 11) is 0. The second-order valence-corrected chi connectivity index (χ2v) is 4.49. The standard InChI is InChI=1S/C13H22F2N4/c1-4-9(5-2)8-19(6-3)13-11(15)7-10(14)12(17-13)18-16/h7,9H,4-6,8,16H2,1-3H3,(H,17,18). The van der Waals surface area contributed by atoms with Gasteiger partial charge in [-0.1, -0.05) is 26.7 Å².